The molecule has 11 nitrogen and oxygen atoms in total. The van der Waals surface area contributed by atoms with Crippen LogP contribution in [0.25, 0.3) is 10.8 Å². The summed E-state index contributed by atoms with van der Waals surface area (Å²) in [5.74, 6) is -0.535. The standard InChI is InChI=1S/C21H19N7O4S/c1-27-12-22-25-21(27)33-11-13-6-8-14(9-7-13)18(30)24-23-17(29)10-28-20(32)16-5-3-2-4-15(16)19(31)26-28/h2-9,12H,10-11H2,1H3,(H,23,29)(H,24,30)(H,26,31). The molecule has 0 atom stereocenters. The Morgan fingerprint density at radius 3 is 2.45 bits per heavy atom. The highest BCUT2D eigenvalue weighted by atomic mass is 32.2. The van der Waals surface area contributed by atoms with E-state index in [1.807, 2.05) is 11.6 Å². The van der Waals surface area contributed by atoms with Gasteiger partial charge in [-0.05, 0) is 29.8 Å². The van der Waals surface area contributed by atoms with E-state index in [0.717, 1.165) is 15.4 Å². The number of carbonyl (C=O) groups excluding carboxylic acids is 2. The summed E-state index contributed by atoms with van der Waals surface area (Å²) in [4.78, 5) is 49.1. The Labute approximate surface area is 190 Å². The lowest BCUT2D eigenvalue weighted by atomic mass is 10.1. The van der Waals surface area contributed by atoms with Crippen LogP contribution in [-0.2, 0) is 24.1 Å². The fourth-order valence-electron chi connectivity index (χ4n) is 3.04. The highest BCUT2D eigenvalue weighted by Gasteiger charge is 2.12. The Hall–Kier alpha value is -4.19. The number of hydrogen-bond acceptors (Lipinski definition) is 7. The largest absolute Gasteiger partial charge is 0.312 e. The normalized spacial score (nSPS) is 10.8. The van der Waals surface area contributed by atoms with Crippen molar-refractivity contribution in [1.29, 1.82) is 0 Å². The summed E-state index contributed by atoms with van der Waals surface area (Å²) in [6, 6.07) is 13.2. The summed E-state index contributed by atoms with van der Waals surface area (Å²) in [7, 11) is 1.86. The van der Waals surface area contributed by atoms with Crippen LogP contribution in [0.3, 0.4) is 0 Å². The third-order valence-corrected chi connectivity index (χ3v) is 5.86. The van der Waals surface area contributed by atoms with Gasteiger partial charge in [-0.3, -0.25) is 35.1 Å². The highest BCUT2D eigenvalue weighted by molar-refractivity contribution is 7.98. The SMILES string of the molecule is Cn1cnnc1SCc1ccc(C(=O)NNC(=O)Cn2[nH]c(=O)c3ccccc3c2=O)cc1. The molecule has 0 radical (unpaired) electrons. The molecule has 12 heteroatoms. The molecule has 0 aliphatic heterocycles. The van der Waals surface area contributed by atoms with Crippen molar-refractivity contribution in [3.8, 4) is 0 Å². The molecule has 0 spiro atoms. The van der Waals surface area contributed by atoms with Crippen LogP contribution in [0, 0.1) is 0 Å². The summed E-state index contributed by atoms with van der Waals surface area (Å²) in [6.07, 6.45) is 1.62. The van der Waals surface area contributed by atoms with E-state index in [9.17, 15) is 19.2 Å². The minimum atomic E-state index is -0.673. The molecule has 4 aromatic rings. The minimum absolute atomic E-state index is 0.204. The molecule has 0 aliphatic carbocycles. The van der Waals surface area contributed by atoms with Gasteiger partial charge in [0.1, 0.15) is 12.9 Å². The number of aryl methyl sites for hydroxylation is 1. The maximum Gasteiger partial charge on any atom is 0.273 e. The van der Waals surface area contributed by atoms with Crippen LogP contribution in [0.4, 0.5) is 0 Å². The van der Waals surface area contributed by atoms with E-state index in [1.54, 1.807) is 42.7 Å². The molecule has 2 aromatic heterocycles. The Morgan fingerprint density at radius 2 is 1.76 bits per heavy atom. The fraction of sp³-hybridized carbons (Fsp3) is 0.143. The van der Waals surface area contributed by atoms with E-state index in [4.69, 9.17) is 0 Å². The van der Waals surface area contributed by atoms with Crippen LogP contribution >= 0.6 is 11.8 Å². The summed E-state index contributed by atoms with van der Waals surface area (Å²) in [5, 5.41) is 11.4. The van der Waals surface area contributed by atoms with Gasteiger partial charge in [0.15, 0.2) is 5.16 Å². The van der Waals surface area contributed by atoms with Crippen molar-refractivity contribution in [3.05, 3.63) is 86.7 Å². The van der Waals surface area contributed by atoms with Crippen LogP contribution in [-0.4, -0.2) is 36.4 Å². The van der Waals surface area contributed by atoms with Gasteiger partial charge in [-0.15, -0.1) is 10.2 Å². The number of nitrogens with zero attached hydrogens (tertiary/aromatic N) is 4. The number of nitrogens with one attached hydrogen (secondary N) is 3. The molecule has 0 saturated heterocycles. The molecule has 0 saturated carbocycles. The minimum Gasteiger partial charge on any atom is -0.312 e. The summed E-state index contributed by atoms with van der Waals surface area (Å²) in [5.41, 5.74) is 4.88. The molecule has 2 amide bonds. The number of carbonyl (C=O) groups is 2. The molecule has 0 bridgehead atoms. The Kier molecular flexibility index (Phi) is 6.36. The van der Waals surface area contributed by atoms with E-state index < -0.39 is 29.5 Å². The van der Waals surface area contributed by atoms with Gasteiger partial charge in [-0.25, -0.2) is 4.68 Å². The maximum absolute atomic E-state index is 12.5. The Balaban J connectivity index is 1.33. The molecule has 2 aromatic carbocycles. The third-order valence-electron chi connectivity index (χ3n) is 4.75. The first-order chi connectivity index (χ1) is 15.9. The predicted octanol–water partition coefficient (Wildman–Crippen LogP) is 0.572. The molecule has 4 rings (SSSR count). The first-order valence-corrected chi connectivity index (χ1v) is 10.8. The lowest BCUT2D eigenvalue weighted by Gasteiger charge is -2.10. The molecule has 0 unspecified atom stereocenters. The van der Waals surface area contributed by atoms with E-state index >= 15 is 0 Å². The van der Waals surface area contributed by atoms with Crippen LogP contribution < -0.4 is 22.0 Å². The predicted molar refractivity (Wildman–Crippen MR) is 121 cm³/mol. The van der Waals surface area contributed by atoms with Gasteiger partial charge in [0.2, 0.25) is 0 Å². The van der Waals surface area contributed by atoms with E-state index in [2.05, 4.69) is 26.1 Å². The number of hydrogen-bond donors (Lipinski definition) is 3. The zero-order valence-electron chi connectivity index (χ0n) is 17.4. The second-order valence-corrected chi connectivity index (χ2v) is 8.03. The number of H-pyrrole nitrogens is 1. The molecule has 168 valence electrons. The number of benzene rings is 2. The number of amides is 2. The smallest absolute Gasteiger partial charge is 0.273 e. The van der Waals surface area contributed by atoms with Crippen LogP contribution in [0.2, 0.25) is 0 Å². The Morgan fingerprint density at radius 1 is 1.03 bits per heavy atom. The molecular weight excluding hydrogens is 446 g/mol. The average Bonchev–Trinajstić information content (AvgIpc) is 3.24. The van der Waals surface area contributed by atoms with Gasteiger partial charge in [-0.2, -0.15) is 0 Å². The van der Waals surface area contributed by atoms with Crippen LogP contribution in [0.1, 0.15) is 15.9 Å². The molecule has 2 heterocycles. The van der Waals surface area contributed by atoms with Crippen molar-refractivity contribution in [3.63, 3.8) is 0 Å². The quantitative estimate of drug-likeness (QED) is 0.279. The number of hydrazine groups is 1. The lowest BCUT2D eigenvalue weighted by Crippen LogP contribution is -2.45. The number of fused-ring (bicyclic) bond motifs is 1. The van der Waals surface area contributed by atoms with Crippen LogP contribution in [0.15, 0.2) is 69.6 Å². The molecule has 33 heavy (non-hydrogen) atoms. The van der Waals surface area contributed by atoms with Crippen molar-refractivity contribution in [1.82, 2.24) is 35.4 Å². The average molecular weight is 465 g/mol. The van der Waals surface area contributed by atoms with E-state index in [-0.39, 0.29) is 10.8 Å². The highest BCUT2D eigenvalue weighted by Crippen LogP contribution is 2.20. The van der Waals surface area contributed by atoms with Gasteiger partial charge in [0.05, 0.1) is 10.8 Å². The van der Waals surface area contributed by atoms with E-state index in [0.29, 0.717) is 11.3 Å². The fourth-order valence-corrected chi connectivity index (χ4v) is 3.89. The molecular formula is C21H19N7O4S. The first kappa shape index (κ1) is 22.0. The van der Waals surface area contributed by atoms with Gasteiger partial charge in [0, 0.05) is 18.4 Å². The topological polar surface area (TPSA) is 144 Å². The van der Waals surface area contributed by atoms with Crippen molar-refractivity contribution < 1.29 is 9.59 Å². The monoisotopic (exact) mass is 465 g/mol. The third kappa shape index (κ3) is 5.01. The van der Waals surface area contributed by atoms with Crippen molar-refractivity contribution in [2.75, 3.05) is 0 Å². The van der Waals surface area contributed by atoms with Crippen molar-refractivity contribution in [2.45, 2.75) is 17.5 Å². The first-order valence-electron chi connectivity index (χ1n) is 9.79. The molecule has 3 N–H and O–H groups in total. The summed E-state index contributed by atoms with van der Waals surface area (Å²) in [6.45, 7) is -0.461. The molecule has 0 fully saturated rings. The van der Waals surface area contributed by atoms with E-state index in [1.165, 1.54) is 23.9 Å². The molecule has 0 aliphatic rings. The van der Waals surface area contributed by atoms with Gasteiger partial charge < -0.3 is 4.57 Å². The lowest BCUT2D eigenvalue weighted by molar-refractivity contribution is -0.122. The maximum atomic E-state index is 12.5. The van der Waals surface area contributed by atoms with Crippen molar-refractivity contribution >= 4 is 34.3 Å². The number of aromatic amines is 1. The zero-order valence-corrected chi connectivity index (χ0v) is 18.3. The van der Waals surface area contributed by atoms with Gasteiger partial charge in [-0.1, -0.05) is 36.0 Å². The zero-order chi connectivity index (χ0) is 23.4. The number of rotatable bonds is 6. The second-order valence-electron chi connectivity index (χ2n) is 7.09. The van der Waals surface area contributed by atoms with Gasteiger partial charge >= 0.3 is 0 Å². The summed E-state index contributed by atoms with van der Waals surface area (Å²) < 4.78 is 2.71. The Bertz CT molecular complexity index is 1440. The number of aromatic nitrogens is 5. The number of thioether (sulfide) groups is 1. The second kappa shape index (κ2) is 9.53. The van der Waals surface area contributed by atoms with Crippen molar-refractivity contribution in [2.24, 2.45) is 7.05 Å². The van der Waals surface area contributed by atoms with Crippen LogP contribution in [0.5, 0.6) is 0 Å². The van der Waals surface area contributed by atoms with Gasteiger partial charge in [0.25, 0.3) is 22.9 Å². The summed E-state index contributed by atoms with van der Waals surface area (Å²) >= 11 is 1.52.